The quantitative estimate of drug-likeness (QED) is 0.0113. The first kappa shape index (κ1) is 93.5. The van der Waals surface area contributed by atoms with Gasteiger partial charge in [-0.2, -0.15) is 4.98 Å². The Kier molecular flexibility index (Phi) is 33.8. The van der Waals surface area contributed by atoms with E-state index in [1.807, 2.05) is 0 Å². The van der Waals surface area contributed by atoms with Crippen LogP contribution in [0.1, 0.15) is 95.5 Å². The van der Waals surface area contributed by atoms with Crippen LogP contribution in [0.15, 0.2) is 115 Å². The number of aromatic hydroxyl groups is 2. The van der Waals surface area contributed by atoms with Crippen LogP contribution in [-0.2, 0) is 92.4 Å². The molecule has 10 rings (SSSR count). The number of aryl methyl sites for hydroxylation is 1. The molecule has 0 aliphatic carbocycles. The highest BCUT2D eigenvalue weighted by Gasteiger charge is 2.45. The van der Waals surface area contributed by atoms with E-state index in [0.29, 0.717) is 52.8 Å². The molecule has 3 saturated heterocycles. The molecule has 0 spiro atoms. The Labute approximate surface area is 679 Å². The van der Waals surface area contributed by atoms with E-state index >= 15 is 0 Å². The zero-order valence-electron chi connectivity index (χ0n) is 64.1. The van der Waals surface area contributed by atoms with Crippen LogP contribution in [0.5, 0.6) is 11.5 Å². The third-order valence-electron chi connectivity index (χ3n) is 18.5. The maximum atomic E-state index is 13.5. The van der Waals surface area contributed by atoms with E-state index in [2.05, 4.69) is 25.6 Å². The van der Waals surface area contributed by atoms with Gasteiger partial charge in [0.1, 0.15) is 66.5 Å². The number of nitrogen functional groups attached to an aromatic ring is 1. The summed E-state index contributed by atoms with van der Waals surface area (Å²) in [7, 11) is -19.6. The minimum atomic E-state index is -5.13. The van der Waals surface area contributed by atoms with Crippen molar-refractivity contribution in [2.24, 2.45) is 0 Å². The molecule has 7 aromatic rings. The number of aliphatic hydroxyl groups is 2. The number of phosphoric ester groups is 4. The van der Waals surface area contributed by atoms with Crippen molar-refractivity contribution in [1.82, 2.24) is 39.3 Å². The summed E-state index contributed by atoms with van der Waals surface area (Å²) in [6.45, 7) is -4.05. The maximum absolute atomic E-state index is 13.5. The second kappa shape index (κ2) is 43.4. The summed E-state index contributed by atoms with van der Waals surface area (Å²) in [5.74, 6) is -2.42. The Balaban J connectivity index is 0.659. The number of aromatic amines is 2. The van der Waals surface area contributed by atoms with Gasteiger partial charge in [-0.05, 0) is 113 Å². The molecule has 0 saturated carbocycles. The number of ether oxygens (including phenoxy) is 7. The number of nitrogens with zero attached hydrogens (tertiary/aromatic N) is 4. The highest BCUT2D eigenvalue weighted by atomic mass is 31.2. The zero-order valence-corrected chi connectivity index (χ0v) is 67.7. The number of hydrogen-bond donors (Lipinski definition) is 14. The van der Waals surface area contributed by atoms with Crippen molar-refractivity contribution in [3.63, 3.8) is 0 Å². The number of phenols is 2. The lowest BCUT2D eigenvalue weighted by molar-refractivity contribution is -0.116. The van der Waals surface area contributed by atoms with Crippen molar-refractivity contribution in [2.75, 3.05) is 118 Å². The van der Waals surface area contributed by atoms with Crippen molar-refractivity contribution in [3.05, 3.63) is 166 Å². The first-order chi connectivity index (χ1) is 57.1. The third kappa shape index (κ3) is 27.1. The number of fused-ring (bicyclic) bond motifs is 2. The van der Waals surface area contributed by atoms with Gasteiger partial charge in [0.2, 0.25) is 5.91 Å². The van der Waals surface area contributed by atoms with Crippen LogP contribution in [0.4, 0.5) is 5.82 Å². The topological polar surface area (TPSA) is 635 Å². The number of phenolic OH excluding ortho intramolecular Hbond substituents is 2. The SMILES string of the molecule is Cc1cn([C@H]2CC(OP(=O)(O)OCCOCCOCCOP(=O)(O)OC[C@H]3O[C@@H](n4cc(C=CC(=O)NCCCCCCNC(=O)c5ccc(C(=O)O)c(-c6c7ccc(O)cc7cc7cc(O)ccc67)c5)c(=O)[nH]c4=O)CC3OP(=O)(O)OCCOCCOCCOP(=O)(O)OC[C@H]3O[C@@H](n4ccc(N)nc4=O)CC3O)[C@@H](CO)O2)c(=O)[nH]c1=O. The van der Waals surface area contributed by atoms with Gasteiger partial charge in [-0.1, -0.05) is 25.0 Å². The van der Waals surface area contributed by atoms with Crippen LogP contribution < -0.4 is 44.6 Å². The molecule has 3 aromatic heterocycles. The highest BCUT2D eigenvalue weighted by Crippen LogP contribution is 2.51. The number of carboxylic acid groups (broad SMARTS) is 1. The zero-order chi connectivity index (χ0) is 86.5. The van der Waals surface area contributed by atoms with Crippen molar-refractivity contribution >= 4 is 82.5 Å². The number of aromatic carboxylic acids is 1. The number of rotatable bonds is 48. The predicted molar refractivity (Wildman–Crippen MR) is 417 cm³/mol. The fraction of sp³-hybridized carbons (Fsp3) is 0.479. The number of nitrogens with two attached hydrogens (primary N) is 1. The number of unbranched alkanes of at least 4 members (excludes halogenated alkanes) is 3. The van der Waals surface area contributed by atoms with Crippen LogP contribution in [0.25, 0.3) is 38.7 Å². The summed E-state index contributed by atoms with van der Waals surface area (Å²) in [5, 5.41) is 58.9. The number of H-pyrrole nitrogens is 2. The molecular weight excluding hydrogens is 1680 g/mol. The van der Waals surface area contributed by atoms with Crippen LogP contribution >= 0.6 is 31.3 Å². The maximum Gasteiger partial charge on any atom is 0.472 e. The molecule has 3 fully saturated rings. The molecule has 0 bridgehead atoms. The third-order valence-corrected chi connectivity index (χ3v) is 22.5. The van der Waals surface area contributed by atoms with E-state index in [1.54, 1.807) is 18.2 Å². The molecule has 6 heterocycles. The van der Waals surface area contributed by atoms with Crippen molar-refractivity contribution in [3.8, 4) is 22.6 Å². The lowest BCUT2D eigenvalue weighted by atomic mass is 9.88. The number of phosphoric acid groups is 4. The predicted octanol–water partition coefficient (Wildman–Crippen LogP) is 2.99. The summed E-state index contributed by atoms with van der Waals surface area (Å²) in [6.07, 6.45) is -4.07. The number of carbonyl (C=O) groups is 3. The van der Waals surface area contributed by atoms with Crippen LogP contribution in [0.3, 0.4) is 0 Å². The Morgan fingerprint density at radius 2 is 1.06 bits per heavy atom. The summed E-state index contributed by atoms with van der Waals surface area (Å²) in [6, 6.07) is 16.6. The molecule has 0 radical (unpaired) electrons. The second-order valence-corrected chi connectivity index (χ2v) is 32.8. The Morgan fingerprint density at radius 1 is 0.575 bits per heavy atom. The van der Waals surface area contributed by atoms with Gasteiger partial charge in [0.15, 0.2) is 0 Å². The molecule has 13 atom stereocenters. The minimum Gasteiger partial charge on any atom is -0.508 e. The first-order valence-electron chi connectivity index (χ1n) is 37.3. The van der Waals surface area contributed by atoms with E-state index < -0.39 is 185 Å². The number of hydrogen-bond acceptors (Lipinski definition) is 33. The van der Waals surface area contributed by atoms with Crippen molar-refractivity contribution < 1.29 is 147 Å². The smallest absolute Gasteiger partial charge is 0.472 e. The first-order valence-corrected chi connectivity index (χ1v) is 43.3. The van der Waals surface area contributed by atoms with Gasteiger partial charge < -0.3 is 94.6 Å². The van der Waals surface area contributed by atoms with Gasteiger partial charge in [0.05, 0.1) is 116 Å². The molecule has 120 heavy (non-hydrogen) atoms. The minimum absolute atomic E-state index is 0.0261. The monoisotopic (exact) mass is 1770 g/mol. The number of carboxylic acids is 1. The Bertz CT molecular complexity index is 5240. The molecule has 7 unspecified atom stereocenters. The highest BCUT2D eigenvalue weighted by molar-refractivity contribution is 7.48. The molecule has 45 nitrogen and oxygen atoms in total. The number of carbonyl (C=O) groups excluding carboxylic acids is 2. The molecule has 3 aliphatic rings. The Hall–Kier alpha value is -8.73. The van der Waals surface area contributed by atoms with Gasteiger partial charge in [-0.15, -0.1) is 0 Å². The van der Waals surface area contributed by atoms with E-state index in [-0.39, 0.29) is 124 Å². The average molecular weight is 1770 g/mol. The number of anilines is 1. The summed E-state index contributed by atoms with van der Waals surface area (Å²) >= 11 is 0. The largest absolute Gasteiger partial charge is 0.508 e. The van der Waals surface area contributed by atoms with Crippen LogP contribution in [0.2, 0.25) is 0 Å². The number of amides is 2. The molecular formula is C71H91N9O36P4. The lowest BCUT2D eigenvalue weighted by Gasteiger charge is -2.22. The van der Waals surface area contributed by atoms with Gasteiger partial charge >= 0.3 is 54.3 Å². The summed E-state index contributed by atoms with van der Waals surface area (Å²) in [4.78, 5) is 152. The van der Waals surface area contributed by atoms with Crippen LogP contribution in [0, 0.1) is 6.92 Å². The standard InChI is InChI=1S/C71H91N9O36P4/c1-42-37-79(70(92)76-65(42)86)62-35-54(56(39-81)112-62)115-119(98,99)108-28-24-104-20-19-103-23-27-107-118(96,97)111-41-58-55(116-120(100,101)109-29-25-105-21-18-102-22-26-106-117(94,95)110-40-57-53(84)34-61(113-57)78-17-14-59(72)75-69(78)91)36-63(114-58)80-38-44(67(88)77-71(80)93)7-13-60(85)73-15-4-2-3-5-16-74-66(87)43-6-10-51(68(89)90)52(33-43)64-49-11-8-47(82)31-45(49)30-46-32-48(83)9-12-50(46)64/h6-14,17,30-33,37-38,53-58,61-63,81-84H,2-5,15-16,18-29,34-36,39-41H2,1H3,(H,73,85)(H,74,87)(H,89,90)(H,94,95)(H,96,97)(H,98,99)(H,100,101)(H2,72,75,91)(H,76,86,92)(H,77,88,93)/t53?,54?,55?,56-,57-,58-,61-,62-,63-/m1/s1. The average Bonchev–Trinajstić information content (AvgIpc) is 0.862. The van der Waals surface area contributed by atoms with Gasteiger partial charge in [-0.3, -0.25) is 79.0 Å². The van der Waals surface area contributed by atoms with E-state index in [9.17, 15) is 102 Å². The molecule has 49 heteroatoms. The number of nitrogens with one attached hydrogen (secondary N) is 4. The fourth-order valence-corrected chi connectivity index (χ4v) is 16.0. The Morgan fingerprint density at radius 3 is 1.60 bits per heavy atom. The van der Waals surface area contributed by atoms with Gasteiger partial charge in [0.25, 0.3) is 17.0 Å². The van der Waals surface area contributed by atoms with E-state index in [0.717, 1.165) is 32.1 Å². The summed E-state index contributed by atoms with van der Waals surface area (Å²) in [5.41, 5.74) is 2.12. The molecule has 3 aliphatic heterocycles. The number of benzene rings is 4. The van der Waals surface area contributed by atoms with Gasteiger partial charge in [0, 0.05) is 68.1 Å². The summed E-state index contributed by atoms with van der Waals surface area (Å²) < 4.78 is 134. The molecule has 656 valence electrons. The molecule has 4 aromatic carbocycles. The van der Waals surface area contributed by atoms with Crippen molar-refractivity contribution in [2.45, 2.75) is 107 Å². The van der Waals surface area contributed by atoms with Gasteiger partial charge in [-0.25, -0.2) is 37.4 Å². The second-order valence-electron chi connectivity index (χ2n) is 27.1. The lowest BCUT2D eigenvalue weighted by Crippen LogP contribution is -2.33. The molecule has 2 amide bonds. The normalized spacial score (nSPS) is 21.4. The van der Waals surface area contributed by atoms with Crippen LogP contribution in [-0.4, -0.2) is 240 Å². The van der Waals surface area contributed by atoms with Crippen molar-refractivity contribution in [1.29, 1.82) is 0 Å². The van der Waals surface area contributed by atoms with E-state index in [4.69, 9.17) is 75.1 Å². The fourth-order valence-electron chi connectivity index (χ4n) is 12.7. The van der Waals surface area contributed by atoms with E-state index in [1.165, 1.54) is 67.8 Å². The number of aliphatic hydroxyl groups excluding tert-OH is 2. The molecule has 15 N–H and O–H groups in total. The number of aromatic nitrogens is 6.